The molecule has 2 aromatic carbocycles. The molecule has 0 heterocycles. The maximum atomic E-state index is 13.2. The van der Waals surface area contributed by atoms with Crippen molar-refractivity contribution < 1.29 is 40.9 Å². The zero-order valence-electron chi connectivity index (χ0n) is 18.1. The van der Waals surface area contributed by atoms with Gasteiger partial charge in [-0.25, -0.2) is 0 Å². The second kappa shape index (κ2) is 10.3. The molecule has 0 radical (unpaired) electrons. The lowest BCUT2D eigenvalue weighted by Gasteiger charge is -2.33. The highest BCUT2D eigenvalue weighted by molar-refractivity contribution is 6.32. The molecule has 1 N–H and O–H groups in total. The van der Waals surface area contributed by atoms with E-state index in [0.29, 0.717) is 41.4 Å². The largest absolute Gasteiger partial charge is 0.493 e. The number of unbranched alkanes of at least 4 members (excludes halogenated alkanes) is 1. The highest BCUT2D eigenvalue weighted by atomic mass is 35.5. The van der Waals surface area contributed by atoms with Gasteiger partial charge in [-0.3, -0.25) is 0 Å². The number of alkyl halides is 6. The summed E-state index contributed by atoms with van der Waals surface area (Å²) in [5.41, 5.74) is -5.20. The predicted molar refractivity (Wildman–Crippen MR) is 113 cm³/mol. The van der Waals surface area contributed by atoms with Crippen LogP contribution in [0.1, 0.15) is 30.9 Å². The summed E-state index contributed by atoms with van der Waals surface area (Å²) in [5, 5.41) is 9.89. The molecule has 33 heavy (non-hydrogen) atoms. The molecule has 2 rings (SSSR count). The minimum Gasteiger partial charge on any atom is -0.493 e. The van der Waals surface area contributed by atoms with E-state index < -0.39 is 23.5 Å². The average Bonchev–Trinajstić information content (AvgIpc) is 2.74. The van der Waals surface area contributed by atoms with Crippen molar-refractivity contribution in [1.29, 1.82) is 0 Å². The molecule has 0 bridgehead atoms. The van der Waals surface area contributed by atoms with Gasteiger partial charge in [-0.15, -0.1) is 0 Å². The molecular weight excluding hydrogens is 476 g/mol. The van der Waals surface area contributed by atoms with Crippen molar-refractivity contribution in [2.75, 3.05) is 25.7 Å². The van der Waals surface area contributed by atoms with Crippen LogP contribution < -0.4 is 14.4 Å². The number of benzene rings is 2. The van der Waals surface area contributed by atoms with E-state index in [4.69, 9.17) is 21.1 Å². The van der Waals surface area contributed by atoms with Gasteiger partial charge in [-0.2, -0.15) is 26.3 Å². The zero-order valence-corrected chi connectivity index (χ0v) is 18.9. The quantitative estimate of drug-likeness (QED) is 0.401. The third-order valence-corrected chi connectivity index (χ3v) is 5.40. The molecule has 0 fully saturated rings. The first-order valence-corrected chi connectivity index (χ1v) is 10.3. The predicted octanol–water partition coefficient (Wildman–Crippen LogP) is 6.48. The summed E-state index contributed by atoms with van der Waals surface area (Å²) in [7, 11) is 2.87. The third-order valence-electron chi connectivity index (χ3n) is 5.12. The van der Waals surface area contributed by atoms with Gasteiger partial charge in [0, 0.05) is 24.3 Å². The standard InChI is InChI=1S/C22H24ClF6NO3/c1-4-5-10-30(13-14-11-17(23)19(33-3)18(12-14)32-2)16-8-6-15(7-9-16)20(31,21(24,25)26)22(27,28)29/h6-9,11-12,31H,4-5,10,13H2,1-3H3. The van der Waals surface area contributed by atoms with E-state index in [1.807, 2.05) is 6.92 Å². The van der Waals surface area contributed by atoms with Crippen LogP contribution in [0.3, 0.4) is 0 Å². The zero-order chi connectivity index (χ0) is 25.0. The summed E-state index contributed by atoms with van der Waals surface area (Å²) < 4.78 is 89.4. The molecule has 2 aromatic rings. The third kappa shape index (κ3) is 5.60. The van der Waals surface area contributed by atoms with E-state index >= 15 is 0 Å². The molecule has 0 saturated heterocycles. The minimum atomic E-state index is -5.94. The minimum absolute atomic E-state index is 0.252. The fraction of sp³-hybridized carbons (Fsp3) is 0.455. The van der Waals surface area contributed by atoms with Gasteiger partial charge >= 0.3 is 12.4 Å². The Kier molecular flexibility index (Phi) is 8.40. The second-order valence-corrected chi connectivity index (χ2v) is 7.75. The first kappa shape index (κ1) is 26.9. The number of hydrogen-bond donors (Lipinski definition) is 1. The summed E-state index contributed by atoms with van der Waals surface area (Å²) in [4.78, 5) is 1.78. The van der Waals surface area contributed by atoms with Crippen molar-refractivity contribution in [2.24, 2.45) is 0 Å². The van der Waals surface area contributed by atoms with E-state index in [2.05, 4.69) is 0 Å². The Morgan fingerprint density at radius 1 is 0.939 bits per heavy atom. The summed E-state index contributed by atoms with van der Waals surface area (Å²) in [5.74, 6) is 0.720. The van der Waals surface area contributed by atoms with Crippen LogP contribution in [-0.4, -0.2) is 38.2 Å². The molecule has 184 valence electrons. The smallest absolute Gasteiger partial charge is 0.430 e. The summed E-state index contributed by atoms with van der Waals surface area (Å²) in [6.45, 7) is 2.67. The average molecular weight is 500 g/mol. The topological polar surface area (TPSA) is 41.9 Å². The van der Waals surface area contributed by atoms with Crippen molar-refractivity contribution in [2.45, 2.75) is 44.3 Å². The molecule has 0 spiro atoms. The molecule has 0 atom stereocenters. The lowest BCUT2D eigenvalue weighted by Crippen LogP contribution is -2.53. The van der Waals surface area contributed by atoms with Crippen LogP contribution in [0, 0.1) is 0 Å². The lowest BCUT2D eigenvalue weighted by atomic mass is 9.92. The highest BCUT2D eigenvalue weighted by Gasteiger charge is 2.71. The number of anilines is 1. The van der Waals surface area contributed by atoms with Gasteiger partial charge in [0.15, 0.2) is 11.5 Å². The van der Waals surface area contributed by atoms with Gasteiger partial charge in [0.05, 0.1) is 19.2 Å². The number of aliphatic hydroxyl groups is 1. The molecule has 4 nitrogen and oxygen atoms in total. The number of ether oxygens (including phenoxy) is 2. The van der Waals surface area contributed by atoms with Crippen molar-refractivity contribution in [3.63, 3.8) is 0 Å². The summed E-state index contributed by atoms with van der Waals surface area (Å²) in [6.07, 6.45) is -10.4. The number of methoxy groups -OCH3 is 2. The summed E-state index contributed by atoms with van der Waals surface area (Å²) >= 11 is 6.24. The van der Waals surface area contributed by atoms with Crippen LogP contribution in [0.2, 0.25) is 5.02 Å². The Labute approximate surface area is 192 Å². The Morgan fingerprint density at radius 3 is 1.97 bits per heavy atom. The SMILES string of the molecule is CCCCN(Cc1cc(Cl)c(OC)c(OC)c1)c1ccc(C(O)(C(F)(F)F)C(F)(F)F)cc1. The van der Waals surface area contributed by atoms with E-state index in [-0.39, 0.29) is 11.6 Å². The van der Waals surface area contributed by atoms with Crippen LogP contribution in [0.4, 0.5) is 32.0 Å². The second-order valence-electron chi connectivity index (χ2n) is 7.34. The normalized spacial score (nSPS) is 12.6. The molecule has 0 aliphatic heterocycles. The molecule has 0 amide bonds. The van der Waals surface area contributed by atoms with E-state index in [1.165, 1.54) is 14.2 Å². The number of hydrogen-bond acceptors (Lipinski definition) is 4. The van der Waals surface area contributed by atoms with Crippen molar-refractivity contribution in [3.8, 4) is 11.5 Å². The van der Waals surface area contributed by atoms with Gasteiger partial charge in [-0.05, 0) is 36.2 Å². The first-order valence-electron chi connectivity index (χ1n) is 9.91. The maximum absolute atomic E-state index is 13.2. The maximum Gasteiger partial charge on any atom is 0.430 e. The van der Waals surface area contributed by atoms with Crippen LogP contribution in [0.5, 0.6) is 11.5 Å². The Balaban J connectivity index is 2.43. The Hall–Kier alpha value is -2.33. The van der Waals surface area contributed by atoms with Crippen molar-refractivity contribution >= 4 is 17.3 Å². The van der Waals surface area contributed by atoms with Crippen LogP contribution in [0.25, 0.3) is 0 Å². The van der Waals surface area contributed by atoms with E-state index in [1.54, 1.807) is 17.0 Å². The summed E-state index contributed by atoms with van der Waals surface area (Å²) in [6, 6.07) is 6.84. The number of nitrogens with zero attached hydrogens (tertiary/aromatic N) is 1. The fourth-order valence-corrected chi connectivity index (χ4v) is 3.64. The van der Waals surface area contributed by atoms with Crippen molar-refractivity contribution in [1.82, 2.24) is 0 Å². The molecule has 0 aromatic heterocycles. The van der Waals surface area contributed by atoms with Gasteiger partial charge in [0.2, 0.25) is 0 Å². The molecule has 11 heteroatoms. The van der Waals surface area contributed by atoms with Crippen LogP contribution in [-0.2, 0) is 12.1 Å². The molecule has 0 aliphatic carbocycles. The van der Waals surface area contributed by atoms with Crippen LogP contribution >= 0.6 is 11.6 Å². The van der Waals surface area contributed by atoms with Gasteiger partial charge < -0.3 is 19.5 Å². The molecule has 0 unspecified atom stereocenters. The molecule has 0 saturated carbocycles. The highest BCUT2D eigenvalue weighted by Crippen LogP contribution is 2.50. The first-order chi connectivity index (χ1) is 15.3. The Bertz CT molecular complexity index is 917. The van der Waals surface area contributed by atoms with Gasteiger partial charge in [-0.1, -0.05) is 37.1 Å². The van der Waals surface area contributed by atoms with Crippen molar-refractivity contribution in [3.05, 3.63) is 52.5 Å². The van der Waals surface area contributed by atoms with Gasteiger partial charge in [0.1, 0.15) is 0 Å². The lowest BCUT2D eigenvalue weighted by molar-refractivity contribution is -0.376. The van der Waals surface area contributed by atoms with E-state index in [0.717, 1.165) is 25.0 Å². The number of rotatable bonds is 9. The van der Waals surface area contributed by atoms with Crippen LogP contribution in [0.15, 0.2) is 36.4 Å². The monoisotopic (exact) mass is 499 g/mol. The fourth-order valence-electron chi connectivity index (χ4n) is 3.33. The van der Waals surface area contributed by atoms with Gasteiger partial charge in [0.25, 0.3) is 5.60 Å². The Morgan fingerprint density at radius 2 is 1.52 bits per heavy atom. The van der Waals surface area contributed by atoms with E-state index in [9.17, 15) is 31.4 Å². The molecular formula is C22H24ClF6NO3. The molecule has 0 aliphatic rings. The number of halogens is 7.